The molecule has 0 saturated carbocycles. The third kappa shape index (κ3) is 3.03. The normalized spacial score (nSPS) is 13.7. The molecule has 0 aromatic carbocycles. The standard InChI is InChI=1S/C8H11N3O/c1-3-7(5-10)11-8(12)6(2)4-9/h6-7H,3H2,1-2H3,(H,11,12). The van der Waals surface area contributed by atoms with Gasteiger partial charge in [0.1, 0.15) is 12.0 Å². The average molecular weight is 165 g/mol. The quantitative estimate of drug-likeness (QED) is 0.663. The summed E-state index contributed by atoms with van der Waals surface area (Å²) >= 11 is 0. The first-order valence-corrected chi connectivity index (χ1v) is 3.75. The molecule has 0 aromatic heterocycles. The summed E-state index contributed by atoms with van der Waals surface area (Å²) in [6, 6.07) is 3.24. The second kappa shape index (κ2) is 5.15. The van der Waals surface area contributed by atoms with E-state index in [2.05, 4.69) is 5.32 Å². The van der Waals surface area contributed by atoms with Crippen molar-refractivity contribution in [3.8, 4) is 12.1 Å². The molecule has 0 rings (SSSR count). The molecule has 1 amide bonds. The maximum atomic E-state index is 11.0. The first-order chi connectivity index (χ1) is 5.65. The maximum Gasteiger partial charge on any atom is 0.238 e. The zero-order chi connectivity index (χ0) is 9.56. The van der Waals surface area contributed by atoms with Crippen molar-refractivity contribution < 1.29 is 4.79 Å². The van der Waals surface area contributed by atoms with E-state index < -0.39 is 12.0 Å². The molecule has 4 nitrogen and oxygen atoms in total. The van der Waals surface area contributed by atoms with Gasteiger partial charge >= 0.3 is 0 Å². The summed E-state index contributed by atoms with van der Waals surface area (Å²) < 4.78 is 0. The number of hydrogen-bond donors (Lipinski definition) is 1. The zero-order valence-electron chi connectivity index (χ0n) is 7.16. The highest BCUT2D eigenvalue weighted by atomic mass is 16.1. The SMILES string of the molecule is CCC(C#N)NC(=O)C(C)C#N. The Morgan fingerprint density at radius 1 is 1.50 bits per heavy atom. The van der Waals surface area contributed by atoms with Crippen LogP contribution in [-0.4, -0.2) is 11.9 Å². The number of carbonyl (C=O) groups is 1. The predicted octanol–water partition coefficient (Wildman–Crippen LogP) is 0.564. The van der Waals surface area contributed by atoms with Gasteiger partial charge in [0.2, 0.25) is 5.91 Å². The summed E-state index contributed by atoms with van der Waals surface area (Å²) in [7, 11) is 0. The van der Waals surface area contributed by atoms with Crippen LogP contribution in [0.25, 0.3) is 0 Å². The van der Waals surface area contributed by atoms with Crippen LogP contribution < -0.4 is 5.32 Å². The van der Waals surface area contributed by atoms with Crippen LogP contribution in [0.3, 0.4) is 0 Å². The summed E-state index contributed by atoms with van der Waals surface area (Å²) in [5, 5.41) is 19.3. The van der Waals surface area contributed by atoms with Gasteiger partial charge in [-0.05, 0) is 13.3 Å². The molecule has 4 heteroatoms. The second-order valence-electron chi connectivity index (χ2n) is 2.45. The number of hydrogen-bond acceptors (Lipinski definition) is 3. The van der Waals surface area contributed by atoms with Gasteiger partial charge in [-0.2, -0.15) is 10.5 Å². The van der Waals surface area contributed by atoms with Gasteiger partial charge in [-0.15, -0.1) is 0 Å². The van der Waals surface area contributed by atoms with Crippen LogP contribution in [0.15, 0.2) is 0 Å². The molecule has 2 unspecified atom stereocenters. The Bertz CT molecular complexity index is 236. The molecule has 0 radical (unpaired) electrons. The van der Waals surface area contributed by atoms with E-state index in [1.165, 1.54) is 6.92 Å². The summed E-state index contributed by atoms with van der Waals surface area (Å²) in [6.07, 6.45) is 0.556. The van der Waals surface area contributed by atoms with E-state index in [4.69, 9.17) is 10.5 Å². The Labute approximate surface area is 71.8 Å². The monoisotopic (exact) mass is 165 g/mol. The lowest BCUT2D eigenvalue weighted by molar-refractivity contribution is -0.123. The van der Waals surface area contributed by atoms with E-state index in [-0.39, 0.29) is 5.91 Å². The van der Waals surface area contributed by atoms with Crippen molar-refractivity contribution >= 4 is 5.91 Å². The van der Waals surface area contributed by atoms with Gasteiger partial charge in [0.05, 0.1) is 12.1 Å². The summed E-state index contributed by atoms with van der Waals surface area (Å²) in [6.45, 7) is 3.30. The first-order valence-electron chi connectivity index (χ1n) is 3.75. The van der Waals surface area contributed by atoms with E-state index in [0.717, 1.165) is 0 Å². The summed E-state index contributed by atoms with van der Waals surface area (Å²) in [5.41, 5.74) is 0. The lowest BCUT2D eigenvalue weighted by Crippen LogP contribution is -2.36. The van der Waals surface area contributed by atoms with Crippen molar-refractivity contribution in [3.63, 3.8) is 0 Å². The van der Waals surface area contributed by atoms with Gasteiger partial charge in [-0.3, -0.25) is 4.79 Å². The minimum Gasteiger partial charge on any atom is -0.339 e. The third-order valence-electron chi connectivity index (χ3n) is 1.47. The topological polar surface area (TPSA) is 76.7 Å². The van der Waals surface area contributed by atoms with Crippen LogP contribution in [0.5, 0.6) is 0 Å². The molecule has 64 valence electrons. The number of nitrogens with zero attached hydrogens (tertiary/aromatic N) is 2. The second-order valence-corrected chi connectivity index (χ2v) is 2.45. The fraction of sp³-hybridized carbons (Fsp3) is 0.625. The predicted molar refractivity (Wildman–Crippen MR) is 42.6 cm³/mol. The highest BCUT2D eigenvalue weighted by Crippen LogP contribution is 1.94. The van der Waals surface area contributed by atoms with E-state index in [9.17, 15) is 4.79 Å². The van der Waals surface area contributed by atoms with E-state index in [0.29, 0.717) is 6.42 Å². The van der Waals surface area contributed by atoms with E-state index in [1.54, 1.807) is 13.0 Å². The molecule has 1 N–H and O–H groups in total. The molecule has 0 heterocycles. The van der Waals surface area contributed by atoms with Crippen LogP contribution in [-0.2, 0) is 4.79 Å². The molecule has 0 aliphatic carbocycles. The van der Waals surface area contributed by atoms with E-state index in [1.807, 2.05) is 6.07 Å². The largest absolute Gasteiger partial charge is 0.339 e. The molecule has 0 aliphatic heterocycles. The third-order valence-corrected chi connectivity index (χ3v) is 1.47. The molecule has 0 aliphatic rings. The summed E-state index contributed by atoms with van der Waals surface area (Å²) in [4.78, 5) is 11.0. The number of amides is 1. The highest BCUT2D eigenvalue weighted by molar-refractivity contribution is 5.81. The first kappa shape index (κ1) is 10.4. The van der Waals surface area contributed by atoms with Gasteiger partial charge < -0.3 is 5.32 Å². The van der Waals surface area contributed by atoms with Crippen molar-refractivity contribution in [1.29, 1.82) is 10.5 Å². The number of nitriles is 2. The molecule has 0 aromatic rings. The number of rotatable bonds is 3. The lowest BCUT2D eigenvalue weighted by Gasteiger charge is -2.09. The van der Waals surface area contributed by atoms with Gasteiger partial charge in [0.15, 0.2) is 0 Å². The maximum absolute atomic E-state index is 11.0. The molecule has 12 heavy (non-hydrogen) atoms. The molecule has 0 spiro atoms. The summed E-state index contributed by atoms with van der Waals surface area (Å²) in [5.74, 6) is -1.07. The fourth-order valence-corrected chi connectivity index (χ4v) is 0.581. The van der Waals surface area contributed by atoms with Crippen LogP contribution >= 0.6 is 0 Å². The molecule has 2 atom stereocenters. The van der Waals surface area contributed by atoms with Gasteiger partial charge in [0.25, 0.3) is 0 Å². The van der Waals surface area contributed by atoms with E-state index >= 15 is 0 Å². The van der Waals surface area contributed by atoms with Crippen molar-refractivity contribution in [2.75, 3.05) is 0 Å². The minimum absolute atomic E-state index is 0.383. The highest BCUT2D eigenvalue weighted by Gasteiger charge is 2.14. The Morgan fingerprint density at radius 2 is 2.08 bits per heavy atom. The molecular formula is C8H11N3O. The smallest absolute Gasteiger partial charge is 0.238 e. The van der Waals surface area contributed by atoms with Crippen molar-refractivity contribution in [2.24, 2.45) is 5.92 Å². The van der Waals surface area contributed by atoms with Gasteiger partial charge in [-0.25, -0.2) is 0 Å². The minimum atomic E-state index is -0.688. The molecule has 0 fully saturated rings. The zero-order valence-corrected chi connectivity index (χ0v) is 7.16. The van der Waals surface area contributed by atoms with Crippen LogP contribution in [0, 0.1) is 28.6 Å². The number of carbonyl (C=O) groups excluding carboxylic acids is 1. The Balaban J connectivity index is 4.03. The lowest BCUT2D eigenvalue weighted by atomic mass is 10.1. The number of nitrogens with one attached hydrogen (secondary N) is 1. The van der Waals surface area contributed by atoms with Crippen molar-refractivity contribution in [3.05, 3.63) is 0 Å². The molecule has 0 bridgehead atoms. The van der Waals surface area contributed by atoms with Crippen LogP contribution in [0.2, 0.25) is 0 Å². The van der Waals surface area contributed by atoms with Crippen LogP contribution in [0.4, 0.5) is 0 Å². The van der Waals surface area contributed by atoms with Gasteiger partial charge in [-0.1, -0.05) is 6.92 Å². The fourth-order valence-electron chi connectivity index (χ4n) is 0.581. The van der Waals surface area contributed by atoms with Gasteiger partial charge in [0, 0.05) is 0 Å². The molecule has 0 saturated heterocycles. The van der Waals surface area contributed by atoms with Crippen molar-refractivity contribution in [1.82, 2.24) is 5.32 Å². The van der Waals surface area contributed by atoms with Crippen molar-refractivity contribution in [2.45, 2.75) is 26.3 Å². The van der Waals surface area contributed by atoms with Crippen LogP contribution in [0.1, 0.15) is 20.3 Å². The Morgan fingerprint density at radius 3 is 2.42 bits per heavy atom. The Kier molecular flexibility index (Phi) is 4.48. The molecular weight excluding hydrogens is 154 g/mol. The Hall–Kier alpha value is -1.55. The average Bonchev–Trinajstić information content (AvgIpc) is 2.12.